The van der Waals surface area contributed by atoms with Crippen molar-refractivity contribution in [1.29, 1.82) is 0 Å². The van der Waals surface area contributed by atoms with Gasteiger partial charge in [-0.15, -0.1) is 0 Å². The average Bonchev–Trinajstić information content (AvgIpc) is 2.72. The summed E-state index contributed by atoms with van der Waals surface area (Å²) >= 11 is 0. The number of fused-ring (bicyclic) bond motifs is 1. The topological polar surface area (TPSA) is 121 Å². The number of nitrogens with two attached hydrogens (primary N) is 1. The average molecular weight is 398 g/mol. The lowest BCUT2D eigenvalue weighted by molar-refractivity contribution is -0.136. The largest absolute Gasteiger partial charge is 0.465 e. The van der Waals surface area contributed by atoms with Gasteiger partial charge < -0.3 is 24.9 Å². The van der Waals surface area contributed by atoms with Crippen molar-refractivity contribution in [3.63, 3.8) is 0 Å². The van der Waals surface area contributed by atoms with E-state index in [1.807, 2.05) is 6.92 Å². The van der Waals surface area contributed by atoms with Crippen LogP contribution in [0, 0.1) is 0 Å². The fourth-order valence-electron chi connectivity index (χ4n) is 3.41. The van der Waals surface area contributed by atoms with Crippen LogP contribution in [0.4, 0.5) is 0 Å². The van der Waals surface area contributed by atoms with Gasteiger partial charge in [0.15, 0.2) is 0 Å². The number of esters is 2. The molecule has 3 N–H and O–H groups in total. The van der Waals surface area contributed by atoms with E-state index in [1.54, 1.807) is 30.3 Å². The van der Waals surface area contributed by atoms with Crippen LogP contribution in [-0.2, 0) is 20.7 Å². The Bertz CT molecular complexity index is 1040. The van der Waals surface area contributed by atoms with Gasteiger partial charge in [0.05, 0.1) is 31.3 Å². The minimum atomic E-state index is -0.808. The number of hydrogen-bond acceptors (Lipinski definition) is 7. The third-order valence-corrected chi connectivity index (χ3v) is 4.74. The first-order valence-corrected chi connectivity index (χ1v) is 9.11. The molecule has 0 saturated heterocycles. The zero-order valence-corrected chi connectivity index (χ0v) is 16.4. The molecule has 29 heavy (non-hydrogen) atoms. The van der Waals surface area contributed by atoms with Crippen molar-refractivity contribution in [3.8, 4) is 5.75 Å². The molecule has 8 heteroatoms. The monoisotopic (exact) mass is 398 g/mol. The fraction of sp³-hybridized carbons (Fsp3) is 0.286. The molecule has 8 nitrogen and oxygen atoms in total. The van der Waals surface area contributed by atoms with Gasteiger partial charge in [0, 0.05) is 11.8 Å². The maximum atomic E-state index is 12.9. The van der Waals surface area contributed by atoms with Gasteiger partial charge >= 0.3 is 11.9 Å². The predicted octanol–water partition coefficient (Wildman–Crippen LogP) is 1.98. The minimum absolute atomic E-state index is 0.0274. The van der Waals surface area contributed by atoms with E-state index in [2.05, 4.69) is 4.98 Å². The number of methoxy groups -OCH3 is 2. The Morgan fingerprint density at radius 1 is 1.14 bits per heavy atom. The van der Waals surface area contributed by atoms with Crippen molar-refractivity contribution >= 4 is 11.9 Å². The molecule has 0 bridgehead atoms. The molecule has 1 unspecified atom stereocenters. The normalized spacial score (nSPS) is 15.3. The van der Waals surface area contributed by atoms with E-state index in [1.165, 1.54) is 14.2 Å². The molecule has 0 fully saturated rings. The second kappa shape index (κ2) is 8.22. The van der Waals surface area contributed by atoms with Gasteiger partial charge in [-0.1, -0.05) is 25.5 Å². The number of carbonyl (C=O) groups excluding carboxylic acids is 2. The van der Waals surface area contributed by atoms with E-state index in [4.69, 9.17) is 19.9 Å². The van der Waals surface area contributed by atoms with Crippen molar-refractivity contribution in [2.75, 3.05) is 14.2 Å². The van der Waals surface area contributed by atoms with Crippen LogP contribution in [0.5, 0.6) is 5.75 Å². The van der Waals surface area contributed by atoms with Gasteiger partial charge in [0.2, 0.25) is 5.88 Å². The van der Waals surface area contributed by atoms with Crippen molar-refractivity contribution in [2.24, 2.45) is 5.73 Å². The van der Waals surface area contributed by atoms with Crippen LogP contribution in [0.15, 0.2) is 46.6 Å². The minimum Gasteiger partial charge on any atom is -0.465 e. The Kier molecular flexibility index (Phi) is 5.72. The fourth-order valence-corrected chi connectivity index (χ4v) is 3.41. The molecule has 2 heterocycles. The van der Waals surface area contributed by atoms with Gasteiger partial charge in [-0.25, -0.2) is 9.59 Å². The molecule has 3 rings (SSSR count). The first-order chi connectivity index (χ1) is 13.9. The number of rotatable bonds is 5. The number of pyridine rings is 1. The Morgan fingerprint density at radius 2 is 1.79 bits per heavy atom. The van der Waals surface area contributed by atoms with Crippen LogP contribution in [0.2, 0.25) is 0 Å². The quantitative estimate of drug-likeness (QED) is 0.739. The van der Waals surface area contributed by atoms with Crippen LogP contribution in [0.1, 0.15) is 46.4 Å². The predicted molar refractivity (Wildman–Crippen MR) is 105 cm³/mol. The smallest absolute Gasteiger partial charge is 0.340 e. The van der Waals surface area contributed by atoms with Crippen LogP contribution < -0.4 is 16.0 Å². The summed E-state index contributed by atoms with van der Waals surface area (Å²) in [5.41, 5.74) is 7.59. The highest BCUT2D eigenvalue weighted by atomic mass is 16.5. The SMILES string of the molecule is CCCc1cc2c(c(=O)[nH]1)C(c1ccc(C(=O)OC)cc1)C(C(=O)OC)=C(N)O2. The number of aryl methyl sites for hydroxylation is 1. The van der Waals surface area contributed by atoms with E-state index in [9.17, 15) is 14.4 Å². The highest BCUT2D eigenvalue weighted by Crippen LogP contribution is 2.41. The van der Waals surface area contributed by atoms with Crippen LogP contribution in [-0.4, -0.2) is 31.1 Å². The highest BCUT2D eigenvalue weighted by Gasteiger charge is 2.37. The Morgan fingerprint density at radius 3 is 2.38 bits per heavy atom. The molecular formula is C21H22N2O6. The Labute approximate surface area is 167 Å². The second-order valence-corrected chi connectivity index (χ2v) is 6.57. The lowest BCUT2D eigenvalue weighted by Crippen LogP contribution is -2.32. The molecule has 1 aliphatic heterocycles. The summed E-state index contributed by atoms with van der Waals surface area (Å²) in [6, 6.07) is 8.11. The van der Waals surface area contributed by atoms with Gasteiger partial charge in [0.1, 0.15) is 11.3 Å². The Balaban J connectivity index is 2.20. The van der Waals surface area contributed by atoms with Crippen molar-refractivity contribution in [2.45, 2.75) is 25.7 Å². The van der Waals surface area contributed by atoms with Crippen molar-refractivity contribution < 1.29 is 23.8 Å². The maximum Gasteiger partial charge on any atom is 0.340 e. The molecule has 0 radical (unpaired) electrons. The molecule has 0 spiro atoms. The molecule has 1 aromatic heterocycles. The number of H-pyrrole nitrogens is 1. The molecule has 0 amide bonds. The van der Waals surface area contributed by atoms with Crippen molar-refractivity contribution in [3.05, 3.63) is 74.5 Å². The number of aromatic nitrogens is 1. The van der Waals surface area contributed by atoms with Crippen molar-refractivity contribution in [1.82, 2.24) is 4.98 Å². The third kappa shape index (κ3) is 3.73. The Hall–Kier alpha value is -3.55. The summed E-state index contributed by atoms with van der Waals surface area (Å²) in [5.74, 6) is -1.83. The van der Waals surface area contributed by atoms with E-state index in [0.717, 1.165) is 6.42 Å². The number of aromatic amines is 1. The molecule has 0 saturated carbocycles. The van der Waals surface area contributed by atoms with Crippen LogP contribution in [0.3, 0.4) is 0 Å². The van der Waals surface area contributed by atoms with E-state index < -0.39 is 17.9 Å². The van der Waals surface area contributed by atoms with Gasteiger partial charge in [-0.05, 0) is 24.1 Å². The van der Waals surface area contributed by atoms with Gasteiger partial charge in [-0.2, -0.15) is 0 Å². The summed E-state index contributed by atoms with van der Waals surface area (Å²) in [6.45, 7) is 1.99. The molecule has 1 aromatic carbocycles. The van der Waals surface area contributed by atoms with E-state index in [0.29, 0.717) is 29.0 Å². The molecule has 0 aliphatic carbocycles. The second-order valence-electron chi connectivity index (χ2n) is 6.57. The molecule has 2 aromatic rings. The molecule has 152 valence electrons. The maximum absolute atomic E-state index is 12.9. The first-order valence-electron chi connectivity index (χ1n) is 9.11. The number of hydrogen-bond donors (Lipinski definition) is 2. The summed E-state index contributed by atoms with van der Waals surface area (Å²) < 4.78 is 15.2. The molecular weight excluding hydrogens is 376 g/mol. The lowest BCUT2D eigenvalue weighted by atomic mass is 9.83. The standard InChI is InChI=1S/C21H22N2O6/c1-4-5-13-10-14-16(19(24)23-13)15(17(18(22)29-14)21(26)28-3)11-6-8-12(9-7-11)20(25)27-2/h6-10,15H,4-5,22H2,1-3H3,(H,23,24). The van der Waals surface area contributed by atoms with E-state index >= 15 is 0 Å². The number of carbonyl (C=O) groups is 2. The summed E-state index contributed by atoms with van der Waals surface area (Å²) in [5, 5.41) is 0. The number of ether oxygens (including phenoxy) is 3. The van der Waals surface area contributed by atoms with Gasteiger partial charge in [0.25, 0.3) is 5.56 Å². The summed E-state index contributed by atoms with van der Waals surface area (Å²) in [6.07, 6.45) is 1.50. The molecule has 1 aliphatic rings. The van der Waals surface area contributed by atoms with Crippen LogP contribution in [0.25, 0.3) is 0 Å². The first kappa shape index (κ1) is 20.2. The zero-order chi connectivity index (χ0) is 21.1. The summed E-state index contributed by atoms with van der Waals surface area (Å²) in [4.78, 5) is 39.9. The number of benzene rings is 1. The van der Waals surface area contributed by atoms with Gasteiger partial charge in [-0.3, -0.25) is 4.79 Å². The van der Waals surface area contributed by atoms with E-state index in [-0.39, 0.29) is 22.6 Å². The highest BCUT2D eigenvalue weighted by molar-refractivity contribution is 5.93. The molecule has 1 atom stereocenters. The number of nitrogens with one attached hydrogen (secondary N) is 1. The zero-order valence-electron chi connectivity index (χ0n) is 16.4. The third-order valence-electron chi connectivity index (χ3n) is 4.74. The summed E-state index contributed by atoms with van der Waals surface area (Å²) in [7, 11) is 2.52. The lowest BCUT2D eigenvalue weighted by Gasteiger charge is -2.27. The van der Waals surface area contributed by atoms with Crippen LogP contribution >= 0.6 is 0 Å².